The maximum atomic E-state index is 12.7. The van der Waals surface area contributed by atoms with Crippen LogP contribution in [0.15, 0.2) is 48.5 Å². The van der Waals surface area contributed by atoms with E-state index in [-0.39, 0.29) is 35.7 Å². The summed E-state index contributed by atoms with van der Waals surface area (Å²) >= 11 is 11.8. The van der Waals surface area contributed by atoms with E-state index < -0.39 is 6.10 Å². The Morgan fingerprint density at radius 3 is 2.47 bits per heavy atom. The minimum Gasteiger partial charge on any atom is -0.484 e. The Labute approximate surface area is 195 Å². The van der Waals surface area contributed by atoms with Crippen LogP contribution in [0, 0.1) is 0 Å². The molecule has 2 amide bonds. The van der Waals surface area contributed by atoms with Gasteiger partial charge in [-0.05, 0) is 37.0 Å². The molecule has 4 aliphatic rings. The van der Waals surface area contributed by atoms with Gasteiger partial charge in [0.2, 0.25) is 0 Å². The van der Waals surface area contributed by atoms with Crippen LogP contribution in [0.4, 0.5) is 0 Å². The first-order valence-corrected chi connectivity index (χ1v) is 11.3. The zero-order chi connectivity index (χ0) is 22.3. The fourth-order valence-corrected chi connectivity index (χ4v) is 5.18. The van der Waals surface area contributed by atoms with E-state index in [4.69, 9.17) is 32.7 Å². The summed E-state index contributed by atoms with van der Waals surface area (Å²) in [5.74, 6) is 0.165. The van der Waals surface area contributed by atoms with Crippen LogP contribution in [0.3, 0.4) is 0 Å². The molecule has 4 fully saturated rings. The van der Waals surface area contributed by atoms with Crippen molar-refractivity contribution in [3.63, 3.8) is 0 Å². The highest BCUT2D eigenvalue weighted by molar-refractivity contribution is 6.42. The van der Waals surface area contributed by atoms with E-state index in [0.717, 1.165) is 5.56 Å². The van der Waals surface area contributed by atoms with Crippen molar-refractivity contribution in [2.75, 3.05) is 13.2 Å². The van der Waals surface area contributed by atoms with E-state index in [1.54, 1.807) is 18.2 Å². The van der Waals surface area contributed by atoms with Crippen LogP contribution in [-0.4, -0.2) is 42.1 Å². The van der Waals surface area contributed by atoms with Gasteiger partial charge in [-0.15, -0.1) is 0 Å². The first-order chi connectivity index (χ1) is 15.4. The van der Waals surface area contributed by atoms with Crippen molar-refractivity contribution in [1.29, 1.82) is 0 Å². The zero-order valence-corrected chi connectivity index (χ0v) is 18.7. The zero-order valence-electron chi connectivity index (χ0n) is 17.2. The van der Waals surface area contributed by atoms with Gasteiger partial charge in [0, 0.05) is 23.7 Å². The Morgan fingerprint density at radius 2 is 1.75 bits per heavy atom. The molecule has 1 aliphatic heterocycles. The minimum absolute atomic E-state index is 0.110. The van der Waals surface area contributed by atoms with Crippen LogP contribution in [-0.2, 0) is 14.3 Å². The molecule has 7 nitrogen and oxygen atoms in total. The van der Waals surface area contributed by atoms with E-state index in [2.05, 4.69) is 16.0 Å². The Bertz CT molecular complexity index is 1030. The fourth-order valence-electron chi connectivity index (χ4n) is 4.90. The second kappa shape index (κ2) is 8.23. The number of halogens is 2. The number of benzene rings is 2. The molecule has 2 aromatic carbocycles. The third-order valence-corrected chi connectivity index (χ3v) is 7.01. The summed E-state index contributed by atoms with van der Waals surface area (Å²) in [6.45, 7) is 0.358. The molecule has 3 N–H and O–H groups in total. The van der Waals surface area contributed by atoms with Crippen LogP contribution in [0.2, 0.25) is 10.0 Å². The molecule has 0 radical (unpaired) electrons. The van der Waals surface area contributed by atoms with E-state index in [1.807, 2.05) is 30.3 Å². The normalized spacial score (nSPS) is 30.1. The van der Waals surface area contributed by atoms with Gasteiger partial charge in [0.1, 0.15) is 12.0 Å². The summed E-state index contributed by atoms with van der Waals surface area (Å²) in [5, 5.41) is 10.2. The van der Waals surface area contributed by atoms with Crippen LogP contribution in [0.25, 0.3) is 0 Å². The SMILES string of the molecule is O=C(COc1ccc(Cl)c(Cl)c1)NC12CC(NC(=O)C3CNC(c4ccccc4)O3)(C1)C2. The Balaban J connectivity index is 1.06. The lowest BCUT2D eigenvalue weighted by molar-refractivity contribution is -0.155. The number of hydrogen-bond acceptors (Lipinski definition) is 5. The number of nitrogens with one attached hydrogen (secondary N) is 3. The van der Waals surface area contributed by atoms with Crippen molar-refractivity contribution in [2.45, 2.75) is 42.7 Å². The molecular weight excluding hydrogens is 453 g/mol. The maximum absolute atomic E-state index is 12.7. The van der Waals surface area contributed by atoms with E-state index in [9.17, 15) is 9.59 Å². The van der Waals surface area contributed by atoms with Gasteiger partial charge >= 0.3 is 0 Å². The molecule has 3 aliphatic carbocycles. The Morgan fingerprint density at radius 1 is 1.03 bits per heavy atom. The van der Waals surface area contributed by atoms with Crippen molar-refractivity contribution in [2.24, 2.45) is 0 Å². The van der Waals surface area contributed by atoms with Crippen LogP contribution in [0.5, 0.6) is 5.75 Å². The third kappa shape index (κ3) is 4.18. The highest BCUT2D eigenvalue weighted by atomic mass is 35.5. The second-order valence-corrected chi connectivity index (χ2v) is 9.63. The van der Waals surface area contributed by atoms with Gasteiger partial charge in [-0.2, -0.15) is 0 Å². The van der Waals surface area contributed by atoms with Crippen molar-refractivity contribution in [3.05, 3.63) is 64.1 Å². The van der Waals surface area contributed by atoms with Crippen molar-refractivity contribution in [3.8, 4) is 5.75 Å². The molecule has 9 heteroatoms. The molecule has 2 aromatic rings. The average molecular weight is 476 g/mol. The number of amides is 2. The van der Waals surface area contributed by atoms with E-state index in [1.165, 1.54) is 0 Å². The Kier molecular flexibility index (Phi) is 5.53. The smallest absolute Gasteiger partial charge is 0.258 e. The molecule has 2 bridgehead atoms. The highest BCUT2D eigenvalue weighted by Gasteiger charge is 2.69. The summed E-state index contributed by atoms with van der Waals surface area (Å²) in [6.07, 6.45) is 1.34. The van der Waals surface area contributed by atoms with Gasteiger partial charge in [-0.25, -0.2) is 0 Å². The van der Waals surface area contributed by atoms with Crippen LogP contribution >= 0.6 is 23.2 Å². The predicted octanol–water partition coefficient (Wildman–Crippen LogP) is 2.97. The molecule has 1 saturated heterocycles. The quantitative estimate of drug-likeness (QED) is 0.572. The number of hydrogen-bond donors (Lipinski definition) is 3. The lowest BCUT2D eigenvalue weighted by atomic mass is 9.44. The predicted molar refractivity (Wildman–Crippen MR) is 120 cm³/mol. The summed E-state index contributed by atoms with van der Waals surface area (Å²) in [5.41, 5.74) is 0.494. The summed E-state index contributed by atoms with van der Waals surface area (Å²) in [4.78, 5) is 25.0. The molecule has 0 spiro atoms. The molecule has 1 heterocycles. The molecule has 6 rings (SSSR count). The highest BCUT2D eigenvalue weighted by Crippen LogP contribution is 2.60. The topological polar surface area (TPSA) is 88.7 Å². The minimum atomic E-state index is -0.528. The fraction of sp³-hybridized carbons (Fsp3) is 0.391. The lowest BCUT2D eigenvalue weighted by Crippen LogP contribution is -2.84. The van der Waals surface area contributed by atoms with E-state index >= 15 is 0 Å². The monoisotopic (exact) mass is 475 g/mol. The molecule has 0 aromatic heterocycles. The first kappa shape index (κ1) is 21.5. The Hall–Kier alpha value is -2.32. The summed E-state index contributed by atoms with van der Waals surface area (Å²) in [6, 6.07) is 14.6. The molecule has 3 saturated carbocycles. The average Bonchev–Trinajstić information content (AvgIpc) is 3.23. The van der Waals surface area contributed by atoms with Crippen molar-refractivity contribution >= 4 is 35.0 Å². The molecule has 2 unspecified atom stereocenters. The maximum Gasteiger partial charge on any atom is 0.258 e. The van der Waals surface area contributed by atoms with Crippen LogP contribution < -0.4 is 20.7 Å². The van der Waals surface area contributed by atoms with E-state index in [0.29, 0.717) is 41.6 Å². The lowest BCUT2D eigenvalue weighted by Gasteiger charge is -2.70. The first-order valence-electron chi connectivity index (χ1n) is 10.5. The van der Waals surface area contributed by atoms with Crippen molar-refractivity contribution < 1.29 is 19.1 Å². The number of carbonyl (C=O) groups excluding carboxylic acids is 2. The van der Waals surface area contributed by atoms with Gasteiger partial charge in [0.25, 0.3) is 11.8 Å². The van der Waals surface area contributed by atoms with Gasteiger partial charge in [-0.1, -0.05) is 53.5 Å². The number of carbonyl (C=O) groups is 2. The van der Waals surface area contributed by atoms with Gasteiger partial charge in [-0.3, -0.25) is 14.9 Å². The number of rotatable bonds is 7. The molecule has 2 atom stereocenters. The summed E-state index contributed by atoms with van der Waals surface area (Å²) in [7, 11) is 0. The second-order valence-electron chi connectivity index (χ2n) is 8.82. The van der Waals surface area contributed by atoms with Crippen LogP contribution in [0.1, 0.15) is 31.1 Å². The van der Waals surface area contributed by atoms with Gasteiger partial charge in [0.05, 0.1) is 10.0 Å². The molecule has 168 valence electrons. The summed E-state index contributed by atoms with van der Waals surface area (Å²) < 4.78 is 11.4. The standard InChI is InChI=1S/C23H23Cl2N3O4/c24-16-7-6-15(8-17(16)25)31-10-19(29)27-22-11-23(12-22,13-22)28-20(30)18-9-26-21(32-18)14-4-2-1-3-5-14/h1-8,18,21,26H,9-13H2,(H,27,29)(H,28,30). The number of ether oxygens (including phenoxy) is 2. The third-order valence-electron chi connectivity index (χ3n) is 6.27. The van der Waals surface area contributed by atoms with Gasteiger partial charge in [0.15, 0.2) is 12.7 Å². The largest absolute Gasteiger partial charge is 0.484 e. The molecular formula is C23H23Cl2N3O4. The van der Waals surface area contributed by atoms with Gasteiger partial charge < -0.3 is 20.1 Å². The molecule has 32 heavy (non-hydrogen) atoms. The van der Waals surface area contributed by atoms with Crippen molar-refractivity contribution in [1.82, 2.24) is 16.0 Å².